The Morgan fingerprint density at radius 3 is 1.57 bits per heavy atom. The third kappa shape index (κ3) is 4.32. The fourth-order valence-electron chi connectivity index (χ4n) is 11.3. The summed E-state index contributed by atoms with van der Waals surface area (Å²) in [4.78, 5) is 2.52. The molecule has 0 aliphatic heterocycles. The predicted octanol–water partition coefficient (Wildman–Crippen LogP) is 15.4. The summed E-state index contributed by atoms with van der Waals surface area (Å²) < 4.78 is 6.42. The van der Waals surface area contributed by atoms with Crippen LogP contribution in [0.3, 0.4) is 0 Å². The first-order valence-electron chi connectivity index (χ1n) is 21.0. The van der Waals surface area contributed by atoms with E-state index in [-0.39, 0.29) is 5.41 Å². The van der Waals surface area contributed by atoms with E-state index >= 15 is 0 Å². The van der Waals surface area contributed by atoms with Gasteiger partial charge >= 0.3 is 0 Å². The number of fused-ring (bicyclic) bond motifs is 16. The Bertz CT molecular complexity index is 3380. The Morgan fingerprint density at radius 2 is 0.867 bits per heavy atom. The normalized spacial score (nSPS) is 14.4. The first-order chi connectivity index (χ1) is 29.5. The van der Waals surface area contributed by atoms with Crippen molar-refractivity contribution in [2.24, 2.45) is 0 Å². The molecule has 0 atom stereocenters. The van der Waals surface area contributed by atoms with Gasteiger partial charge in [0.2, 0.25) is 0 Å². The van der Waals surface area contributed by atoms with Crippen molar-refractivity contribution in [3.05, 3.63) is 234 Å². The van der Waals surface area contributed by atoms with Crippen LogP contribution in [0.1, 0.15) is 47.2 Å². The number of hydrogen-bond acceptors (Lipinski definition) is 2. The van der Waals surface area contributed by atoms with E-state index in [0.717, 1.165) is 39.0 Å². The van der Waals surface area contributed by atoms with Gasteiger partial charge in [0.15, 0.2) is 0 Å². The molecule has 2 heteroatoms. The molecule has 9 aromatic carbocycles. The molecular weight excluding hydrogens is 727 g/mol. The van der Waals surface area contributed by atoms with Gasteiger partial charge in [0.05, 0.1) is 11.1 Å². The van der Waals surface area contributed by atoms with Gasteiger partial charge in [-0.25, -0.2) is 0 Å². The van der Waals surface area contributed by atoms with Gasteiger partial charge in [0.1, 0.15) is 11.2 Å². The van der Waals surface area contributed by atoms with E-state index in [1.54, 1.807) is 0 Å². The lowest BCUT2D eigenvalue weighted by molar-refractivity contribution is 0.660. The smallest absolute Gasteiger partial charge is 0.135 e. The zero-order chi connectivity index (χ0) is 39.7. The third-order valence-electron chi connectivity index (χ3n) is 13.9. The molecule has 0 amide bonds. The summed E-state index contributed by atoms with van der Waals surface area (Å²) in [7, 11) is 0. The van der Waals surface area contributed by atoms with Crippen LogP contribution in [-0.2, 0) is 10.8 Å². The van der Waals surface area contributed by atoms with Crippen molar-refractivity contribution >= 4 is 39.0 Å². The minimum Gasteiger partial charge on any atom is -0.456 e. The number of hydrogen-bond donors (Lipinski definition) is 0. The zero-order valence-corrected chi connectivity index (χ0v) is 33.4. The van der Waals surface area contributed by atoms with Crippen molar-refractivity contribution in [2.45, 2.75) is 24.7 Å². The first-order valence-corrected chi connectivity index (χ1v) is 21.0. The molecule has 13 rings (SSSR count). The van der Waals surface area contributed by atoms with Crippen molar-refractivity contribution in [3.63, 3.8) is 0 Å². The molecule has 0 N–H and O–H groups in total. The molecule has 2 nitrogen and oxygen atoms in total. The second-order valence-electron chi connectivity index (χ2n) is 17.2. The second-order valence-corrected chi connectivity index (χ2v) is 17.2. The summed E-state index contributed by atoms with van der Waals surface area (Å²) in [5.74, 6) is 0. The summed E-state index contributed by atoms with van der Waals surface area (Å²) in [6.07, 6.45) is 0. The van der Waals surface area contributed by atoms with Crippen LogP contribution in [0.5, 0.6) is 0 Å². The highest BCUT2D eigenvalue weighted by Crippen LogP contribution is 2.64. The van der Waals surface area contributed by atoms with Crippen LogP contribution in [0.2, 0.25) is 0 Å². The number of benzene rings is 9. The van der Waals surface area contributed by atoms with Gasteiger partial charge in [-0.3, -0.25) is 0 Å². The van der Waals surface area contributed by atoms with Crippen molar-refractivity contribution in [2.75, 3.05) is 4.90 Å². The van der Waals surface area contributed by atoms with E-state index in [9.17, 15) is 0 Å². The summed E-state index contributed by atoms with van der Waals surface area (Å²) in [6, 6.07) is 74.4. The van der Waals surface area contributed by atoms with Gasteiger partial charge in [0, 0.05) is 33.1 Å². The maximum Gasteiger partial charge on any atom is 0.135 e. The third-order valence-corrected chi connectivity index (χ3v) is 13.9. The van der Waals surface area contributed by atoms with Crippen molar-refractivity contribution in [1.82, 2.24) is 0 Å². The Hall–Kier alpha value is -7.42. The maximum absolute atomic E-state index is 6.42. The van der Waals surface area contributed by atoms with Gasteiger partial charge in [-0.2, -0.15) is 0 Å². The van der Waals surface area contributed by atoms with Gasteiger partial charge < -0.3 is 9.32 Å². The van der Waals surface area contributed by atoms with E-state index in [1.807, 2.05) is 6.07 Å². The maximum atomic E-state index is 6.42. The number of furan rings is 1. The molecule has 0 saturated heterocycles. The van der Waals surface area contributed by atoms with E-state index in [4.69, 9.17) is 4.42 Å². The highest BCUT2D eigenvalue weighted by atomic mass is 16.3. The van der Waals surface area contributed by atoms with E-state index in [0.29, 0.717) is 0 Å². The Balaban J connectivity index is 1.15. The number of anilines is 3. The van der Waals surface area contributed by atoms with Gasteiger partial charge in [0.25, 0.3) is 0 Å². The molecule has 3 aliphatic rings. The summed E-state index contributed by atoms with van der Waals surface area (Å²) in [5, 5.41) is 2.22. The highest BCUT2D eigenvalue weighted by molar-refractivity contribution is 6.07. The van der Waals surface area contributed by atoms with Crippen LogP contribution in [0.25, 0.3) is 66.4 Å². The first kappa shape index (κ1) is 33.5. The molecule has 3 aliphatic carbocycles. The lowest BCUT2D eigenvalue weighted by Crippen LogP contribution is -2.26. The van der Waals surface area contributed by atoms with Crippen LogP contribution in [0, 0.1) is 0 Å². The molecule has 1 aromatic heterocycles. The zero-order valence-electron chi connectivity index (χ0n) is 33.4. The molecular formula is C58H39NO. The monoisotopic (exact) mass is 765 g/mol. The minimum atomic E-state index is -0.485. The fourth-order valence-corrected chi connectivity index (χ4v) is 11.3. The summed E-state index contributed by atoms with van der Waals surface area (Å²) in [5.41, 5.74) is 22.7. The summed E-state index contributed by atoms with van der Waals surface area (Å²) >= 11 is 0. The molecule has 0 bridgehead atoms. The average Bonchev–Trinajstić information content (AvgIpc) is 3.98. The fraction of sp³-hybridized carbons (Fsp3) is 0.0690. The molecule has 0 fully saturated rings. The SMILES string of the molecule is CC1(C)c2ccccc2-c2ccc(N(c3ccc4oc5ccccc5c4c3)c3cc4c(cc3-c3ccccc3)-c3ccccc3C43c4ccccc4-c4ccccc43)cc21. The molecule has 0 radical (unpaired) electrons. The molecule has 1 heterocycles. The molecule has 1 spiro atoms. The number of para-hydroxylation sites is 1. The Kier molecular flexibility index (Phi) is 6.74. The predicted molar refractivity (Wildman–Crippen MR) is 248 cm³/mol. The number of nitrogens with zero attached hydrogens (tertiary/aromatic N) is 1. The van der Waals surface area contributed by atoms with E-state index in [1.165, 1.54) is 77.9 Å². The van der Waals surface area contributed by atoms with Crippen LogP contribution < -0.4 is 4.90 Å². The van der Waals surface area contributed by atoms with Crippen molar-refractivity contribution in [3.8, 4) is 44.5 Å². The van der Waals surface area contributed by atoms with Crippen LogP contribution in [-0.4, -0.2) is 0 Å². The Morgan fingerprint density at radius 1 is 0.350 bits per heavy atom. The highest BCUT2D eigenvalue weighted by Gasteiger charge is 2.52. The minimum absolute atomic E-state index is 0.165. The van der Waals surface area contributed by atoms with Crippen LogP contribution >= 0.6 is 0 Å². The number of rotatable bonds is 4. The molecule has 282 valence electrons. The van der Waals surface area contributed by atoms with Crippen molar-refractivity contribution in [1.29, 1.82) is 0 Å². The van der Waals surface area contributed by atoms with Gasteiger partial charge in [-0.1, -0.05) is 166 Å². The standard InChI is InChI=1S/C58H39NO/c1-57(2)48-23-11-6-18-39(48)43-30-28-38(33-52(43)57)59(37-29-31-56-47(32-37)44-22-10-15-27-55(44)60-56)54-35-53-46(34-45(54)36-16-4-3-5-17-36)42-21-9-14-26-51(42)58(53)49-24-12-7-19-40(49)41-20-8-13-25-50(41)58/h3-35H,1-2H3. The lowest BCUT2D eigenvalue weighted by Gasteiger charge is -2.34. The summed E-state index contributed by atoms with van der Waals surface area (Å²) in [6.45, 7) is 4.74. The van der Waals surface area contributed by atoms with Crippen molar-refractivity contribution < 1.29 is 4.42 Å². The average molecular weight is 766 g/mol. The topological polar surface area (TPSA) is 16.4 Å². The molecule has 60 heavy (non-hydrogen) atoms. The molecule has 10 aromatic rings. The second kappa shape index (κ2) is 12.1. The quantitative estimate of drug-likeness (QED) is 0.177. The van der Waals surface area contributed by atoms with Gasteiger partial charge in [-0.15, -0.1) is 0 Å². The van der Waals surface area contributed by atoms with E-state index in [2.05, 4.69) is 213 Å². The molecule has 0 saturated carbocycles. The Labute approximate surface area is 349 Å². The largest absolute Gasteiger partial charge is 0.456 e. The van der Waals surface area contributed by atoms with E-state index < -0.39 is 5.41 Å². The van der Waals surface area contributed by atoms with Gasteiger partial charge in [-0.05, 0) is 121 Å². The lowest BCUT2D eigenvalue weighted by atomic mass is 9.70. The molecule has 0 unspecified atom stereocenters. The van der Waals surface area contributed by atoms with Crippen LogP contribution in [0.4, 0.5) is 17.1 Å². The van der Waals surface area contributed by atoms with Crippen LogP contribution in [0.15, 0.2) is 205 Å².